The van der Waals surface area contributed by atoms with Crippen LogP contribution in [-0.4, -0.2) is 51.8 Å². The van der Waals surface area contributed by atoms with Crippen LogP contribution < -0.4 is 4.74 Å². The lowest BCUT2D eigenvalue weighted by Crippen LogP contribution is -2.44. The smallest absolute Gasteiger partial charge is 0.303 e. The molecular weight excluding hydrogens is 334 g/mol. The van der Waals surface area contributed by atoms with Gasteiger partial charge in [-0.3, -0.25) is 14.7 Å². The van der Waals surface area contributed by atoms with E-state index in [9.17, 15) is 9.59 Å². The third-order valence-corrected chi connectivity index (χ3v) is 4.77. The van der Waals surface area contributed by atoms with E-state index < -0.39 is 5.97 Å². The number of H-pyrrole nitrogens is 1. The van der Waals surface area contributed by atoms with Gasteiger partial charge in [0.1, 0.15) is 11.4 Å². The Morgan fingerprint density at radius 2 is 2.08 bits per heavy atom. The van der Waals surface area contributed by atoms with E-state index in [0.717, 1.165) is 30.6 Å². The van der Waals surface area contributed by atoms with Gasteiger partial charge in [0.25, 0.3) is 5.91 Å². The number of carboxylic acid groups (broad SMARTS) is 1. The van der Waals surface area contributed by atoms with Gasteiger partial charge in [-0.15, -0.1) is 0 Å². The molecule has 26 heavy (non-hydrogen) atoms. The average molecular weight is 357 g/mol. The normalized spacial score (nSPS) is 17.1. The second-order valence-electron chi connectivity index (χ2n) is 6.48. The number of aliphatic carboxylic acids is 1. The summed E-state index contributed by atoms with van der Waals surface area (Å²) in [5.74, 6) is -0.186. The Morgan fingerprint density at radius 1 is 1.31 bits per heavy atom. The highest BCUT2D eigenvalue weighted by atomic mass is 16.5. The summed E-state index contributed by atoms with van der Waals surface area (Å²) in [5, 5.41) is 16.0. The van der Waals surface area contributed by atoms with Crippen LogP contribution in [0.3, 0.4) is 0 Å². The maximum Gasteiger partial charge on any atom is 0.303 e. The minimum atomic E-state index is -0.827. The fourth-order valence-corrected chi connectivity index (χ4v) is 3.35. The summed E-state index contributed by atoms with van der Waals surface area (Å²) < 4.78 is 5.15. The molecule has 0 saturated carbocycles. The molecular formula is C19H23N3O4. The first-order valence-corrected chi connectivity index (χ1v) is 8.81. The largest absolute Gasteiger partial charge is 0.497 e. The topological polar surface area (TPSA) is 95.5 Å². The first-order valence-electron chi connectivity index (χ1n) is 8.81. The number of nitrogens with zero attached hydrogens (tertiary/aromatic N) is 2. The zero-order chi connectivity index (χ0) is 18.5. The average Bonchev–Trinajstić information content (AvgIpc) is 3.16. The zero-order valence-electron chi connectivity index (χ0n) is 14.8. The number of piperidine rings is 1. The lowest BCUT2D eigenvalue weighted by atomic mass is 9.97. The number of amides is 1. The molecule has 0 radical (unpaired) electrons. The van der Waals surface area contributed by atoms with Crippen molar-refractivity contribution in [3.8, 4) is 17.0 Å². The molecule has 3 rings (SSSR count). The Kier molecular flexibility index (Phi) is 5.55. The van der Waals surface area contributed by atoms with Crippen LogP contribution in [0.4, 0.5) is 0 Å². The maximum absolute atomic E-state index is 12.9. The summed E-state index contributed by atoms with van der Waals surface area (Å²) in [6.45, 7) is 0.653. The van der Waals surface area contributed by atoms with E-state index in [4.69, 9.17) is 9.84 Å². The van der Waals surface area contributed by atoms with Crippen LogP contribution in [0.5, 0.6) is 5.75 Å². The van der Waals surface area contributed by atoms with Crippen LogP contribution in [-0.2, 0) is 4.79 Å². The minimum absolute atomic E-state index is 0.0277. The molecule has 2 N–H and O–H groups in total. The van der Waals surface area contributed by atoms with E-state index in [1.54, 1.807) is 18.1 Å². The lowest BCUT2D eigenvalue weighted by Gasteiger charge is -2.35. The van der Waals surface area contributed by atoms with E-state index in [-0.39, 0.29) is 18.4 Å². The van der Waals surface area contributed by atoms with Crippen molar-refractivity contribution >= 4 is 11.9 Å². The van der Waals surface area contributed by atoms with Crippen LogP contribution in [0.25, 0.3) is 11.3 Å². The third kappa shape index (κ3) is 4.04. The number of methoxy groups -OCH3 is 1. The number of aromatic nitrogens is 2. The first-order chi connectivity index (χ1) is 12.6. The number of carboxylic acids is 1. The predicted octanol–water partition coefficient (Wildman–Crippen LogP) is 2.94. The van der Waals surface area contributed by atoms with E-state index in [1.807, 2.05) is 24.3 Å². The van der Waals surface area contributed by atoms with Gasteiger partial charge in [-0.1, -0.05) is 0 Å². The van der Waals surface area contributed by atoms with Crippen molar-refractivity contribution in [2.75, 3.05) is 13.7 Å². The number of nitrogens with one attached hydrogen (secondary N) is 1. The second kappa shape index (κ2) is 8.03. The van der Waals surface area contributed by atoms with E-state index in [2.05, 4.69) is 10.2 Å². The number of hydrogen-bond acceptors (Lipinski definition) is 4. The van der Waals surface area contributed by atoms with Crippen LogP contribution >= 0.6 is 0 Å². The van der Waals surface area contributed by atoms with Crippen molar-refractivity contribution in [2.45, 2.75) is 38.1 Å². The molecule has 1 aromatic carbocycles. The van der Waals surface area contributed by atoms with Gasteiger partial charge in [0.15, 0.2) is 0 Å². The number of rotatable bonds is 6. The highest BCUT2D eigenvalue weighted by Crippen LogP contribution is 2.25. The van der Waals surface area contributed by atoms with Gasteiger partial charge in [0, 0.05) is 24.6 Å². The van der Waals surface area contributed by atoms with Crippen molar-refractivity contribution in [3.05, 3.63) is 36.0 Å². The number of carbonyl (C=O) groups is 2. The van der Waals surface area contributed by atoms with Crippen molar-refractivity contribution in [1.82, 2.24) is 15.1 Å². The van der Waals surface area contributed by atoms with Gasteiger partial charge in [0.2, 0.25) is 0 Å². The quantitative estimate of drug-likeness (QED) is 0.829. The molecule has 1 amide bonds. The molecule has 2 heterocycles. The third-order valence-electron chi connectivity index (χ3n) is 4.77. The van der Waals surface area contributed by atoms with Crippen LogP contribution in [0.15, 0.2) is 30.3 Å². The van der Waals surface area contributed by atoms with Gasteiger partial charge < -0.3 is 14.7 Å². The standard InChI is InChI=1S/C19H23N3O4/c1-26-15-8-5-13(6-9-15)16-12-17(21-20-16)19(25)22-11-3-2-4-14(22)7-10-18(23)24/h5-6,8-9,12,14H,2-4,7,10-11H2,1H3,(H,20,21)(H,23,24)/t14-/m1/s1. The summed E-state index contributed by atoms with van der Waals surface area (Å²) in [6.07, 6.45) is 3.37. The molecule has 7 heteroatoms. The molecule has 0 unspecified atom stereocenters. The van der Waals surface area contributed by atoms with Crippen molar-refractivity contribution in [3.63, 3.8) is 0 Å². The van der Waals surface area contributed by atoms with Crippen LogP contribution in [0.1, 0.15) is 42.6 Å². The highest BCUT2D eigenvalue weighted by Gasteiger charge is 2.28. The number of hydrogen-bond donors (Lipinski definition) is 2. The van der Waals surface area contributed by atoms with E-state index in [1.165, 1.54) is 0 Å². The van der Waals surface area contributed by atoms with E-state index >= 15 is 0 Å². The second-order valence-corrected chi connectivity index (χ2v) is 6.48. The molecule has 2 aromatic rings. The van der Waals surface area contributed by atoms with Crippen molar-refractivity contribution in [2.24, 2.45) is 0 Å². The minimum Gasteiger partial charge on any atom is -0.497 e. The van der Waals surface area contributed by atoms with Gasteiger partial charge in [-0.05, 0) is 56.0 Å². The summed E-state index contributed by atoms with van der Waals surface area (Å²) in [4.78, 5) is 25.5. The van der Waals surface area contributed by atoms with E-state index in [0.29, 0.717) is 24.4 Å². The summed E-state index contributed by atoms with van der Waals surface area (Å²) >= 11 is 0. The maximum atomic E-state index is 12.9. The number of ether oxygens (including phenoxy) is 1. The van der Waals surface area contributed by atoms with Gasteiger partial charge in [0.05, 0.1) is 12.8 Å². The molecule has 1 atom stereocenters. The molecule has 1 saturated heterocycles. The number of carbonyl (C=O) groups excluding carboxylic acids is 1. The summed E-state index contributed by atoms with van der Waals surface area (Å²) in [7, 11) is 1.61. The Hall–Kier alpha value is -2.83. The van der Waals surface area contributed by atoms with Crippen LogP contribution in [0, 0.1) is 0 Å². The van der Waals surface area contributed by atoms with Crippen LogP contribution in [0.2, 0.25) is 0 Å². The fourth-order valence-electron chi connectivity index (χ4n) is 3.35. The molecule has 7 nitrogen and oxygen atoms in total. The molecule has 138 valence electrons. The summed E-state index contributed by atoms with van der Waals surface area (Å²) in [6, 6.07) is 9.18. The molecule has 1 aliphatic rings. The lowest BCUT2D eigenvalue weighted by molar-refractivity contribution is -0.137. The summed E-state index contributed by atoms with van der Waals surface area (Å²) in [5.41, 5.74) is 2.01. The highest BCUT2D eigenvalue weighted by molar-refractivity contribution is 5.93. The van der Waals surface area contributed by atoms with Gasteiger partial charge in [-0.2, -0.15) is 5.10 Å². The van der Waals surface area contributed by atoms with Crippen molar-refractivity contribution in [1.29, 1.82) is 0 Å². The number of likely N-dealkylation sites (tertiary alicyclic amines) is 1. The Balaban J connectivity index is 1.74. The Labute approximate surface area is 152 Å². The predicted molar refractivity (Wildman–Crippen MR) is 96.1 cm³/mol. The Morgan fingerprint density at radius 3 is 2.77 bits per heavy atom. The van der Waals surface area contributed by atoms with Gasteiger partial charge >= 0.3 is 5.97 Å². The molecule has 0 aliphatic carbocycles. The fraction of sp³-hybridized carbons (Fsp3) is 0.421. The number of aromatic amines is 1. The molecule has 1 aromatic heterocycles. The Bertz CT molecular complexity index is 769. The molecule has 1 fully saturated rings. The molecule has 0 spiro atoms. The SMILES string of the molecule is COc1ccc(-c2cc(C(=O)N3CCCC[C@@H]3CCC(=O)O)[nH]n2)cc1. The zero-order valence-corrected chi connectivity index (χ0v) is 14.8. The molecule has 1 aliphatic heterocycles. The van der Waals surface area contributed by atoms with Crippen molar-refractivity contribution < 1.29 is 19.4 Å². The monoisotopic (exact) mass is 357 g/mol. The molecule has 0 bridgehead atoms. The van der Waals surface area contributed by atoms with Gasteiger partial charge in [-0.25, -0.2) is 0 Å². The first kappa shape index (κ1) is 18.0. The number of benzene rings is 1.